The molecule has 1 aliphatic carbocycles. The van der Waals surface area contributed by atoms with Crippen molar-refractivity contribution >= 4 is 15.7 Å². The first-order chi connectivity index (χ1) is 7.97. The number of rotatable bonds is 4. The summed E-state index contributed by atoms with van der Waals surface area (Å²) in [6.07, 6.45) is 2.29. The maximum absolute atomic E-state index is 12.0. The molecule has 1 aromatic carbocycles. The second-order valence-electron chi connectivity index (χ2n) is 4.47. The second kappa shape index (κ2) is 4.29. The highest BCUT2D eigenvalue weighted by atomic mass is 32.2. The van der Waals surface area contributed by atoms with Gasteiger partial charge in [-0.3, -0.25) is 0 Å². The number of aliphatic hydroxyl groups is 1. The second-order valence-corrected chi connectivity index (χ2v) is 6.15. The molecule has 0 amide bonds. The first-order valence-electron chi connectivity index (χ1n) is 5.48. The molecule has 0 aromatic heterocycles. The average molecular weight is 256 g/mol. The monoisotopic (exact) mass is 256 g/mol. The Labute approximate surface area is 101 Å². The van der Waals surface area contributed by atoms with Gasteiger partial charge in [-0.2, -0.15) is 0 Å². The molecule has 6 heteroatoms. The molecule has 1 saturated carbocycles. The summed E-state index contributed by atoms with van der Waals surface area (Å²) >= 11 is 0. The molecule has 0 spiro atoms. The molecule has 5 nitrogen and oxygen atoms in total. The van der Waals surface area contributed by atoms with Crippen LogP contribution in [-0.2, 0) is 10.0 Å². The molecule has 0 unspecified atom stereocenters. The third kappa shape index (κ3) is 2.43. The Morgan fingerprint density at radius 1 is 1.29 bits per heavy atom. The van der Waals surface area contributed by atoms with Crippen LogP contribution in [0.15, 0.2) is 29.2 Å². The highest BCUT2D eigenvalue weighted by Gasteiger charge is 2.40. The molecule has 0 atom stereocenters. The van der Waals surface area contributed by atoms with Gasteiger partial charge in [-0.05, 0) is 43.5 Å². The van der Waals surface area contributed by atoms with E-state index in [-0.39, 0.29) is 11.5 Å². The Kier molecular flexibility index (Phi) is 3.11. The summed E-state index contributed by atoms with van der Waals surface area (Å²) in [4.78, 5) is 0.173. The Hall–Kier alpha value is -1.11. The zero-order valence-electron chi connectivity index (χ0n) is 9.39. The van der Waals surface area contributed by atoms with Gasteiger partial charge in [0.15, 0.2) is 0 Å². The molecule has 1 aromatic rings. The minimum atomic E-state index is -3.57. The molecule has 94 valence electrons. The first kappa shape index (κ1) is 12.3. The van der Waals surface area contributed by atoms with Crippen molar-refractivity contribution in [2.75, 3.05) is 12.3 Å². The van der Waals surface area contributed by atoms with E-state index in [9.17, 15) is 13.5 Å². The number of nitrogens with one attached hydrogen (secondary N) is 1. The van der Waals surface area contributed by atoms with E-state index in [4.69, 9.17) is 5.73 Å². The van der Waals surface area contributed by atoms with Crippen LogP contribution >= 0.6 is 0 Å². The van der Waals surface area contributed by atoms with E-state index < -0.39 is 15.6 Å². The number of hydrogen-bond donors (Lipinski definition) is 3. The van der Waals surface area contributed by atoms with Crippen LogP contribution in [0.3, 0.4) is 0 Å². The van der Waals surface area contributed by atoms with Crippen molar-refractivity contribution in [1.82, 2.24) is 4.72 Å². The highest BCUT2D eigenvalue weighted by Crippen LogP contribution is 2.32. The number of sulfonamides is 1. The van der Waals surface area contributed by atoms with E-state index in [0.29, 0.717) is 18.5 Å². The number of nitrogen functional groups attached to an aromatic ring is 1. The third-order valence-electron chi connectivity index (χ3n) is 3.15. The molecule has 0 radical (unpaired) electrons. The predicted octanol–water partition coefficient (Wildman–Crippen LogP) is 0.462. The summed E-state index contributed by atoms with van der Waals surface area (Å²) < 4.78 is 26.7. The molecule has 17 heavy (non-hydrogen) atoms. The average Bonchev–Trinajstić information content (AvgIpc) is 2.24. The van der Waals surface area contributed by atoms with Crippen LogP contribution in [0.4, 0.5) is 5.69 Å². The zero-order valence-corrected chi connectivity index (χ0v) is 10.2. The van der Waals surface area contributed by atoms with Gasteiger partial charge in [-0.1, -0.05) is 0 Å². The Morgan fingerprint density at radius 3 is 2.29 bits per heavy atom. The van der Waals surface area contributed by atoms with Crippen LogP contribution in [0.2, 0.25) is 0 Å². The summed E-state index contributed by atoms with van der Waals surface area (Å²) in [5, 5.41) is 9.24. The van der Waals surface area contributed by atoms with Crippen molar-refractivity contribution in [3.05, 3.63) is 24.3 Å². The van der Waals surface area contributed by atoms with Gasteiger partial charge in [0.2, 0.25) is 10.0 Å². The largest absolute Gasteiger partial charge is 0.399 e. The first-order valence-corrected chi connectivity index (χ1v) is 6.96. The van der Waals surface area contributed by atoms with E-state index in [1.807, 2.05) is 0 Å². The molecule has 2 rings (SSSR count). The number of nitrogens with two attached hydrogens (primary N) is 1. The molecule has 0 aliphatic heterocycles. The molecule has 0 saturated heterocycles. The molecule has 0 bridgehead atoms. The lowest BCUT2D eigenvalue weighted by atomic mass is 9.78. The van der Waals surface area contributed by atoms with E-state index in [0.717, 1.165) is 6.42 Å². The summed E-state index contributed by atoms with van der Waals surface area (Å²) in [7, 11) is -3.57. The van der Waals surface area contributed by atoms with Crippen LogP contribution in [0, 0.1) is 0 Å². The standard InChI is InChI=1S/C11H16N2O3S/c12-9-2-4-10(5-3-9)17(15,16)13-11(8-14)6-1-7-11/h2-5,13-14H,1,6-8,12H2. The van der Waals surface area contributed by atoms with Crippen LogP contribution in [-0.4, -0.2) is 25.7 Å². The number of benzene rings is 1. The van der Waals surface area contributed by atoms with Crippen molar-refractivity contribution in [2.24, 2.45) is 0 Å². The van der Waals surface area contributed by atoms with Crippen LogP contribution in [0.25, 0.3) is 0 Å². The Morgan fingerprint density at radius 2 is 1.88 bits per heavy atom. The molecule has 1 fully saturated rings. The summed E-state index contributed by atoms with van der Waals surface area (Å²) in [5.74, 6) is 0. The minimum absolute atomic E-state index is 0.165. The Balaban J connectivity index is 2.22. The van der Waals surface area contributed by atoms with Crippen molar-refractivity contribution in [3.63, 3.8) is 0 Å². The number of anilines is 1. The van der Waals surface area contributed by atoms with Crippen LogP contribution in [0.5, 0.6) is 0 Å². The van der Waals surface area contributed by atoms with E-state index >= 15 is 0 Å². The maximum atomic E-state index is 12.0. The van der Waals surface area contributed by atoms with Crippen molar-refractivity contribution in [1.29, 1.82) is 0 Å². The van der Waals surface area contributed by atoms with Gasteiger partial charge in [0, 0.05) is 5.69 Å². The smallest absolute Gasteiger partial charge is 0.241 e. The fourth-order valence-electron chi connectivity index (χ4n) is 1.89. The normalized spacial score (nSPS) is 18.6. The molecule has 0 heterocycles. The highest BCUT2D eigenvalue weighted by molar-refractivity contribution is 7.89. The zero-order chi connectivity index (χ0) is 12.5. The fourth-order valence-corrected chi connectivity index (χ4v) is 3.34. The van der Waals surface area contributed by atoms with Gasteiger partial charge in [0.05, 0.1) is 17.0 Å². The molecule has 4 N–H and O–H groups in total. The topological polar surface area (TPSA) is 92.4 Å². The number of hydrogen-bond acceptors (Lipinski definition) is 4. The maximum Gasteiger partial charge on any atom is 0.241 e. The van der Waals surface area contributed by atoms with Gasteiger partial charge in [-0.15, -0.1) is 0 Å². The predicted molar refractivity (Wildman–Crippen MR) is 64.8 cm³/mol. The SMILES string of the molecule is Nc1ccc(S(=O)(=O)NC2(CO)CCC2)cc1. The van der Waals surface area contributed by atoms with Crippen molar-refractivity contribution < 1.29 is 13.5 Å². The van der Waals surface area contributed by atoms with Crippen LogP contribution < -0.4 is 10.5 Å². The van der Waals surface area contributed by atoms with Crippen LogP contribution in [0.1, 0.15) is 19.3 Å². The fraction of sp³-hybridized carbons (Fsp3) is 0.455. The van der Waals surface area contributed by atoms with E-state index in [1.54, 1.807) is 12.1 Å². The quantitative estimate of drug-likeness (QED) is 0.682. The lowest BCUT2D eigenvalue weighted by Crippen LogP contribution is -2.55. The van der Waals surface area contributed by atoms with Gasteiger partial charge in [0.1, 0.15) is 0 Å². The summed E-state index contributed by atoms with van der Waals surface area (Å²) in [6.45, 7) is -0.165. The van der Waals surface area contributed by atoms with E-state index in [2.05, 4.69) is 4.72 Å². The summed E-state index contributed by atoms with van der Waals surface area (Å²) in [5.41, 5.74) is 5.36. The van der Waals surface area contributed by atoms with E-state index in [1.165, 1.54) is 12.1 Å². The summed E-state index contributed by atoms with van der Waals surface area (Å²) in [6, 6.07) is 6.00. The van der Waals surface area contributed by atoms with Gasteiger partial charge in [0.25, 0.3) is 0 Å². The third-order valence-corrected chi connectivity index (χ3v) is 4.75. The van der Waals surface area contributed by atoms with Crippen molar-refractivity contribution in [3.8, 4) is 0 Å². The minimum Gasteiger partial charge on any atom is -0.399 e. The van der Waals surface area contributed by atoms with Gasteiger partial charge >= 0.3 is 0 Å². The molecule has 1 aliphatic rings. The van der Waals surface area contributed by atoms with Crippen molar-refractivity contribution in [2.45, 2.75) is 29.7 Å². The lowest BCUT2D eigenvalue weighted by Gasteiger charge is -2.40. The van der Waals surface area contributed by atoms with Gasteiger partial charge in [-0.25, -0.2) is 13.1 Å². The molecular formula is C11H16N2O3S. The lowest BCUT2D eigenvalue weighted by molar-refractivity contribution is 0.110. The number of aliphatic hydroxyl groups excluding tert-OH is 1. The van der Waals surface area contributed by atoms with Gasteiger partial charge < -0.3 is 10.8 Å². The Bertz CT molecular complexity index is 486. The molecular weight excluding hydrogens is 240 g/mol.